The number of likely N-dealkylation sites (tertiary alicyclic amines) is 1. The number of ether oxygens (including phenoxy) is 1. The second-order valence-electron chi connectivity index (χ2n) is 5.65. The highest BCUT2D eigenvalue weighted by molar-refractivity contribution is 6.00. The molecule has 1 aromatic heterocycles. The number of aromatic nitrogens is 2. The fourth-order valence-electron chi connectivity index (χ4n) is 2.83. The van der Waals surface area contributed by atoms with Gasteiger partial charge in [0, 0.05) is 31.2 Å². The molecule has 0 aliphatic carbocycles. The molecule has 1 aromatic carbocycles. The molecule has 0 saturated carbocycles. The molecule has 0 spiro atoms. The van der Waals surface area contributed by atoms with Crippen molar-refractivity contribution in [2.75, 3.05) is 19.7 Å². The average molecular weight is 337 g/mol. The van der Waals surface area contributed by atoms with E-state index in [0.29, 0.717) is 29.9 Å². The predicted octanol–water partition coefficient (Wildman–Crippen LogP) is 2.13. The van der Waals surface area contributed by atoms with Gasteiger partial charge in [0.2, 0.25) is 0 Å². The summed E-state index contributed by atoms with van der Waals surface area (Å²) in [6.45, 7) is -1.80. The monoisotopic (exact) mass is 337 g/mol. The topological polar surface area (TPSA) is 78.5 Å². The van der Waals surface area contributed by atoms with E-state index >= 15 is 0 Å². The van der Waals surface area contributed by atoms with Crippen LogP contribution in [-0.2, 0) is 0 Å². The number of amides is 1. The zero-order valence-electron chi connectivity index (χ0n) is 12.8. The van der Waals surface area contributed by atoms with E-state index in [2.05, 4.69) is 14.9 Å². The first-order chi connectivity index (χ1) is 11.6. The third kappa shape index (κ3) is 3.38. The molecule has 1 aliphatic heterocycles. The lowest BCUT2D eigenvalue weighted by atomic mass is 10.1. The maximum absolute atomic E-state index is 12.7. The standard InChI is InChI=1S/C16H17F2N3O3/c17-16(18)24-12-3-1-2-11(6-12)14-13(7-19-20-14)15(23)21-5-4-10(8-21)9-22/h1-3,6-7,10,16,22H,4-5,8-9H2,(H,19,20). The van der Waals surface area contributed by atoms with Crippen molar-refractivity contribution in [3.8, 4) is 17.0 Å². The van der Waals surface area contributed by atoms with Gasteiger partial charge in [-0.15, -0.1) is 0 Å². The number of halogens is 2. The summed E-state index contributed by atoms with van der Waals surface area (Å²) in [6, 6.07) is 6.10. The van der Waals surface area contributed by atoms with Crippen molar-refractivity contribution in [1.82, 2.24) is 15.1 Å². The molecular formula is C16H17F2N3O3. The summed E-state index contributed by atoms with van der Waals surface area (Å²) in [4.78, 5) is 14.3. The fraction of sp³-hybridized carbons (Fsp3) is 0.375. The quantitative estimate of drug-likeness (QED) is 0.876. The first-order valence-corrected chi connectivity index (χ1v) is 7.57. The van der Waals surface area contributed by atoms with Gasteiger partial charge >= 0.3 is 6.61 Å². The summed E-state index contributed by atoms with van der Waals surface area (Å²) in [5.74, 6) is -0.0982. The van der Waals surface area contributed by atoms with Crippen LogP contribution in [0.15, 0.2) is 30.5 Å². The van der Waals surface area contributed by atoms with Gasteiger partial charge in [0.15, 0.2) is 0 Å². The van der Waals surface area contributed by atoms with Gasteiger partial charge in [-0.2, -0.15) is 13.9 Å². The third-order valence-electron chi connectivity index (χ3n) is 4.05. The third-order valence-corrected chi connectivity index (χ3v) is 4.05. The zero-order valence-corrected chi connectivity index (χ0v) is 12.8. The second-order valence-corrected chi connectivity index (χ2v) is 5.65. The largest absolute Gasteiger partial charge is 0.435 e. The number of aromatic amines is 1. The first-order valence-electron chi connectivity index (χ1n) is 7.57. The van der Waals surface area contributed by atoms with Crippen LogP contribution in [0.1, 0.15) is 16.8 Å². The number of carbonyl (C=O) groups excluding carboxylic acids is 1. The van der Waals surface area contributed by atoms with Crippen molar-refractivity contribution in [2.24, 2.45) is 5.92 Å². The van der Waals surface area contributed by atoms with E-state index in [1.165, 1.54) is 18.3 Å². The predicted molar refractivity (Wildman–Crippen MR) is 81.8 cm³/mol. The summed E-state index contributed by atoms with van der Waals surface area (Å²) >= 11 is 0. The van der Waals surface area contributed by atoms with E-state index in [-0.39, 0.29) is 24.2 Å². The van der Waals surface area contributed by atoms with Crippen molar-refractivity contribution in [1.29, 1.82) is 0 Å². The molecule has 1 amide bonds. The molecule has 0 bridgehead atoms. The van der Waals surface area contributed by atoms with Gasteiger partial charge in [0.05, 0.1) is 17.5 Å². The number of benzene rings is 1. The molecule has 1 unspecified atom stereocenters. The molecule has 24 heavy (non-hydrogen) atoms. The van der Waals surface area contributed by atoms with Gasteiger partial charge in [0.25, 0.3) is 5.91 Å². The number of aliphatic hydroxyl groups excluding tert-OH is 1. The Kier molecular flexibility index (Phi) is 4.75. The molecular weight excluding hydrogens is 320 g/mol. The highest BCUT2D eigenvalue weighted by Gasteiger charge is 2.28. The summed E-state index contributed by atoms with van der Waals surface area (Å²) in [6.07, 6.45) is 2.18. The van der Waals surface area contributed by atoms with Crippen LogP contribution in [0.25, 0.3) is 11.3 Å². The Hall–Kier alpha value is -2.48. The van der Waals surface area contributed by atoms with Crippen molar-refractivity contribution >= 4 is 5.91 Å². The van der Waals surface area contributed by atoms with Gasteiger partial charge in [-0.3, -0.25) is 9.89 Å². The zero-order chi connectivity index (χ0) is 17.1. The SMILES string of the molecule is O=C(c1cn[nH]c1-c1cccc(OC(F)F)c1)N1CCC(CO)C1. The minimum absolute atomic E-state index is 0.0111. The van der Waals surface area contributed by atoms with Crippen LogP contribution in [0.2, 0.25) is 0 Å². The van der Waals surface area contributed by atoms with E-state index in [4.69, 9.17) is 0 Å². The van der Waals surface area contributed by atoms with E-state index in [9.17, 15) is 18.7 Å². The summed E-state index contributed by atoms with van der Waals surface area (Å²) < 4.78 is 29.1. The fourth-order valence-corrected chi connectivity index (χ4v) is 2.83. The molecule has 6 nitrogen and oxygen atoms in total. The Morgan fingerprint density at radius 3 is 3.04 bits per heavy atom. The van der Waals surface area contributed by atoms with Gasteiger partial charge < -0.3 is 14.7 Å². The molecule has 1 aliphatic rings. The average Bonchev–Trinajstić information content (AvgIpc) is 3.23. The summed E-state index contributed by atoms with van der Waals surface area (Å²) in [5, 5.41) is 15.9. The Labute approximate surface area is 137 Å². The molecule has 128 valence electrons. The van der Waals surface area contributed by atoms with Crippen molar-refractivity contribution in [3.05, 3.63) is 36.0 Å². The number of carbonyl (C=O) groups is 1. The second kappa shape index (κ2) is 6.96. The summed E-state index contributed by atoms with van der Waals surface area (Å²) in [7, 11) is 0. The number of alkyl halides is 2. The maximum atomic E-state index is 12.7. The molecule has 1 fully saturated rings. The molecule has 2 heterocycles. The van der Waals surface area contributed by atoms with Gasteiger partial charge in [-0.25, -0.2) is 0 Å². The van der Waals surface area contributed by atoms with Crippen LogP contribution in [0.3, 0.4) is 0 Å². The molecule has 1 atom stereocenters. The lowest BCUT2D eigenvalue weighted by molar-refractivity contribution is -0.0498. The number of aliphatic hydroxyl groups is 1. The molecule has 3 rings (SSSR count). The number of rotatable bonds is 5. The van der Waals surface area contributed by atoms with Crippen molar-refractivity contribution < 1.29 is 23.4 Å². The smallest absolute Gasteiger partial charge is 0.387 e. The lowest BCUT2D eigenvalue weighted by Crippen LogP contribution is -2.29. The number of H-pyrrole nitrogens is 1. The Morgan fingerprint density at radius 2 is 2.33 bits per heavy atom. The molecule has 2 N–H and O–H groups in total. The summed E-state index contributed by atoms with van der Waals surface area (Å²) in [5.41, 5.74) is 1.35. The number of nitrogens with zero attached hydrogens (tertiary/aromatic N) is 2. The van der Waals surface area contributed by atoms with Gasteiger partial charge in [-0.1, -0.05) is 12.1 Å². The van der Waals surface area contributed by atoms with Crippen LogP contribution >= 0.6 is 0 Å². The van der Waals surface area contributed by atoms with E-state index < -0.39 is 6.61 Å². The van der Waals surface area contributed by atoms with Gasteiger partial charge in [-0.05, 0) is 18.6 Å². The minimum Gasteiger partial charge on any atom is -0.435 e. The lowest BCUT2D eigenvalue weighted by Gasteiger charge is -2.16. The first kappa shape index (κ1) is 16.4. The van der Waals surface area contributed by atoms with Crippen LogP contribution in [0.5, 0.6) is 5.75 Å². The van der Waals surface area contributed by atoms with E-state index in [1.807, 2.05) is 0 Å². The minimum atomic E-state index is -2.91. The van der Waals surface area contributed by atoms with E-state index in [0.717, 1.165) is 6.42 Å². The molecule has 0 radical (unpaired) electrons. The highest BCUT2D eigenvalue weighted by atomic mass is 19.3. The Bertz CT molecular complexity index is 720. The normalized spacial score (nSPS) is 17.5. The van der Waals surface area contributed by atoms with Crippen molar-refractivity contribution in [3.63, 3.8) is 0 Å². The Morgan fingerprint density at radius 1 is 1.50 bits per heavy atom. The number of nitrogens with one attached hydrogen (secondary N) is 1. The van der Waals surface area contributed by atoms with Gasteiger partial charge in [0.1, 0.15) is 5.75 Å². The number of hydrogen-bond donors (Lipinski definition) is 2. The molecule has 8 heteroatoms. The van der Waals surface area contributed by atoms with E-state index in [1.54, 1.807) is 17.0 Å². The highest BCUT2D eigenvalue weighted by Crippen LogP contribution is 2.28. The maximum Gasteiger partial charge on any atom is 0.387 e. The molecule has 1 saturated heterocycles. The van der Waals surface area contributed by atoms with Crippen LogP contribution < -0.4 is 4.74 Å². The van der Waals surface area contributed by atoms with Crippen LogP contribution in [0.4, 0.5) is 8.78 Å². The van der Waals surface area contributed by atoms with Crippen LogP contribution in [-0.4, -0.2) is 52.4 Å². The molecule has 2 aromatic rings. The van der Waals surface area contributed by atoms with Crippen molar-refractivity contribution in [2.45, 2.75) is 13.0 Å². The Balaban J connectivity index is 1.84. The number of hydrogen-bond acceptors (Lipinski definition) is 4. The van der Waals surface area contributed by atoms with Crippen LogP contribution in [0, 0.1) is 5.92 Å².